The molecule has 0 heterocycles. The molecular weight excluding hydrogens is 187 g/mol. The minimum Gasteiger partial charge on any atom is -0.0816 e. The summed E-state index contributed by atoms with van der Waals surface area (Å²) in [5, 5.41) is 0. The molecule has 12 heavy (non-hydrogen) atoms. The van der Waals surface area contributed by atoms with Crippen LogP contribution in [0.1, 0.15) is 19.8 Å². The van der Waals surface area contributed by atoms with E-state index >= 15 is 0 Å². The normalized spacial score (nSPS) is 14.4. The topological polar surface area (TPSA) is 0 Å². The van der Waals surface area contributed by atoms with Crippen molar-refractivity contribution in [3.05, 3.63) is 23.3 Å². The largest absolute Gasteiger partial charge is 0.0816 e. The van der Waals surface area contributed by atoms with Gasteiger partial charge in [0.05, 0.1) is 22.0 Å². The van der Waals surface area contributed by atoms with E-state index in [2.05, 4.69) is 26.8 Å². The summed E-state index contributed by atoms with van der Waals surface area (Å²) in [5.41, 5.74) is 3.18. The van der Waals surface area contributed by atoms with E-state index in [0.717, 1.165) is 0 Å². The van der Waals surface area contributed by atoms with E-state index in [4.69, 9.17) is 0 Å². The summed E-state index contributed by atoms with van der Waals surface area (Å²) >= 11 is 0. The Balaban J connectivity index is 0.00000121. The zero-order chi connectivity index (χ0) is 8.10. The van der Waals surface area contributed by atoms with Crippen molar-refractivity contribution in [1.29, 1.82) is 0 Å². The number of hydrogen-bond donors (Lipinski definition) is 0. The van der Waals surface area contributed by atoms with Crippen LogP contribution in [0.2, 0.25) is 6.32 Å². The van der Waals surface area contributed by atoms with Gasteiger partial charge < -0.3 is 0 Å². The van der Waals surface area contributed by atoms with Crippen molar-refractivity contribution in [3.63, 3.8) is 0 Å². The van der Waals surface area contributed by atoms with Crippen LogP contribution in [-0.4, -0.2) is 22.0 Å². The molecule has 1 aliphatic rings. The van der Waals surface area contributed by atoms with Gasteiger partial charge in [0, 0.05) is 16.8 Å². The summed E-state index contributed by atoms with van der Waals surface area (Å²) in [4.78, 5) is 0. The summed E-state index contributed by atoms with van der Waals surface area (Å²) in [7, 11) is 4.98. The zero-order valence-corrected chi connectivity index (χ0v) is 9.06. The van der Waals surface area contributed by atoms with E-state index < -0.39 is 0 Å². The molecule has 0 unspecified atom stereocenters. The Bertz CT molecular complexity index is 187. The number of rotatable bonds is 4. The number of allylic oxidation sites excluding steroid dienone is 4. The van der Waals surface area contributed by atoms with Crippen molar-refractivity contribution >= 4 is 22.0 Å². The average Bonchev–Trinajstić information content (AvgIpc) is 2.37. The fraction of sp³-hybridized carbons (Fsp3) is 0.500. The van der Waals surface area contributed by atoms with Crippen molar-refractivity contribution < 1.29 is 16.8 Å². The van der Waals surface area contributed by atoms with Crippen LogP contribution in [0.5, 0.6) is 0 Å². The van der Waals surface area contributed by atoms with Crippen LogP contribution in [0.3, 0.4) is 0 Å². The van der Waals surface area contributed by atoms with Gasteiger partial charge in [-0.1, -0.05) is 29.6 Å². The molecule has 0 saturated heterocycles. The van der Waals surface area contributed by atoms with E-state index in [1.165, 1.54) is 39.0 Å². The van der Waals surface area contributed by atoms with Gasteiger partial charge in [0.1, 0.15) is 0 Å². The standard InChI is InChI=1S/C8H15B3.Co/c1-7-3-2-4-8(7)5-6-10-11-9;/h2-3,10-11H,4-6,9H2,1H3;. The van der Waals surface area contributed by atoms with E-state index in [1.807, 2.05) is 0 Å². The molecule has 0 saturated carbocycles. The molecular formula is C8H15B3Co. The Labute approximate surface area is 88.3 Å². The maximum absolute atomic E-state index is 2.27. The third-order valence-corrected chi connectivity index (χ3v) is 2.37. The van der Waals surface area contributed by atoms with Gasteiger partial charge in [-0.3, -0.25) is 0 Å². The second kappa shape index (κ2) is 6.67. The minimum absolute atomic E-state index is 0. The first-order chi connectivity index (χ1) is 5.34. The summed E-state index contributed by atoms with van der Waals surface area (Å²) in [6.45, 7) is 2.23. The van der Waals surface area contributed by atoms with Crippen LogP contribution in [0.4, 0.5) is 0 Å². The zero-order valence-electron chi connectivity index (χ0n) is 8.02. The summed E-state index contributed by atoms with van der Waals surface area (Å²) in [5.74, 6) is 0. The smallest absolute Gasteiger partial charge is 0.0784 e. The Kier molecular flexibility index (Phi) is 6.77. The van der Waals surface area contributed by atoms with Crippen LogP contribution in [-0.2, 0) is 16.8 Å². The molecule has 1 rings (SSSR count). The Morgan fingerprint density at radius 1 is 1.58 bits per heavy atom. The molecule has 0 bridgehead atoms. The molecule has 0 amide bonds. The maximum atomic E-state index is 2.27. The predicted molar refractivity (Wildman–Crippen MR) is 58.7 cm³/mol. The van der Waals surface area contributed by atoms with Gasteiger partial charge in [-0.2, -0.15) is 0 Å². The molecule has 0 aliphatic heterocycles. The van der Waals surface area contributed by atoms with Gasteiger partial charge >= 0.3 is 0 Å². The molecule has 0 spiro atoms. The van der Waals surface area contributed by atoms with Gasteiger partial charge in [-0.15, -0.1) is 0 Å². The van der Waals surface area contributed by atoms with Crippen LogP contribution < -0.4 is 0 Å². The summed E-state index contributed by atoms with van der Waals surface area (Å²) < 4.78 is 0. The first-order valence-electron chi connectivity index (χ1n) is 4.69. The minimum atomic E-state index is 0. The van der Waals surface area contributed by atoms with Gasteiger partial charge in [-0.05, 0) is 19.8 Å². The van der Waals surface area contributed by atoms with Crippen LogP contribution in [0.15, 0.2) is 23.3 Å². The molecule has 1 radical (unpaired) electrons. The van der Waals surface area contributed by atoms with E-state index in [-0.39, 0.29) is 16.8 Å². The third kappa shape index (κ3) is 3.72. The van der Waals surface area contributed by atoms with Crippen LogP contribution in [0, 0.1) is 0 Å². The first kappa shape index (κ1) is 12.2. The second-order valence-corrected chi connectivity index (χ2v) is 3.35. The molecule has 0 nitrogen and oxygen atoms in total. The van der Waals surface area contributed by atoms with Gasteiger partial charge in [0.25, 0.3) is 0 Å². The third-order valence-electron chi connectivity index (χ3n) is 2.37. The van der Waals surface area contributed by atoms with E-state index in [1.54, 1.807) is 5.57 Å². The van der Waals surface area contributed by atoms with Crippen LogP contribution >= 0.6 is 0 Å². The SMILES string of the molecule is BBBCCC1=C(C)C=CC1.[Co]. The van der Waals surface area contributed by atoms with E-state index in [0.29, 0.717) is 0 Å². The molecule has 1 aliphatic carbocycles. The summed E-state index contributed by atoms with van der Waals surface area (Å²) in [6.07, 6.45) is 8.45. The fourth-order valence-electron chi connectivity index (χ4n) is 1.54. The Morgan fingerprint density at radius 3 is 2.83 bits per heavy atom. The van der Waals surface area contributed by atoms with Crippen molar-refractivity contribution in [2.75, 3.05) is 0 Å². The monoisotopic (exact) mass is 203 g/mol. The first-order valence-corrected chi connectivity index (χ1v) is 4.69. The quantitative estimate of drug-likeness (QED) is 0.458. The molecule has 0 aromatic heterocycles. The molecule has 4 heteroatoms. The Hall–Kier alpha value is 0.181. The molecule has 0 aromatic rings. The van der Waals surface area contributed by atoms with Crippen LogP contribution in [0.25, 0.3) is 0 Å². The Morgan fingerprint density at radius 2 is 2.33 bits per heavy atom. The van der Waals surface area contributed by atoms with Crippen molar-refractivity contribution in [2.45, 2.75) is 26.1 Å². The van der Waals surface area contributed by atoms with Gasteiger partial charge in [-0.25, -0.2) is 0 Å². The molecule has 0 atom stereocenters. The molecule has 0 N–H and O–H groups in total. The van der Waals surface area contributed by atoms with Crippen molar-refractivity contribution in [3.8, 4) is 0 Å². The number of hydrogen-bond acceptors (Lipinski definition) is 0. The van der Waals surface area contributed by atoms with Gasteiger partial charge in [0.15, 0.2) is 0 Å². The van der Waals surface area contributed by atoms with Gasteiger partial charge in [0.2, 0.25) is 0 Å². The second-order valence-electron chi connectivity index (χ2n) is 3.35. The molecule has 0 fully saturated rings. The van der Waals surface area contributed by atoms with E-state index in [9.17, 15) is 0 Å². The molecule has 0 aromatic carbocycles. The van der Waals surface area contributed by atoms with Crippen molar-refractivity contribution in [1.82, 2.24) is 0 Å². The van der Waals surface area contributed by atoms with Crippen molar-refractivity contribution in [2.24, 2.45) is 0 Å². The average molecular weight is 203 g/mol. The predicted octanol–water partition coefficient (Wildman–Crippen LogP) is 0.405. The maximum Gasteiger partial charge on any atom is 0.0784 e. The summed E-state index contributed by atoms with van der Waals surface area (Å²) in [6, 6.07) is 0. The fourth-order valence-corrected chi connectivity index (χ4v) is 1.54. The molecule has 65 valence electrons.